The number of alkyl halides is 3. The number of aromatic nitrogens is 3. The van der Waals surface area contributed by atoms with E-state index in [1.54, 1.807) is 34.7 Å². The van der Waals surface area contributed by atoms with Gasteiger partial charge in [-0.3, -0.25) is 9.20 Å². The third-order valence-electron chi connectivity index (χ3n) is 5.79. The van der Waals surface area contributed by atoms with E-state index in [1.807, 2.05) is 0 Å². The number of halogens is 4. The van der Waals surface area contributed by atoms with Crippen molar-refractivity contribution in [2.45, 2.75) is 25.9 Å². The van der Waals surface area contributed by atoms with Crippen molar-refractivity contribution in [2.24, 2.45) is 0 Å². The molecule has 1 amide bonds. The van der Waals surface area contributed by atoms with Gasteiger partial charge in [0, 0.05) is 24.0 Å². The zero-order valence-corrected chi connectivity index (χ0v) is 17.5. The van der Waals surface area contributed by atoms with Crippen molar-refractivity contribution in [1.29, 1.82) is 0 Å². The summed E-state index contributed by atoms with van der Waals surface area (Å²) < 4.78 is 54.1. The number of nitrogens with zero attached hydrogens (tertiary/aromatic N) is 4. The third kappa shape index (κ3) is 3.73. The molecular weight excluding hydrogens is 436 g/mol. The minimum atomic E-state index is -4.42. The smallest absolute Gasteiger partial charge is 0.307 e. The lowest BCUT2D eigenvalue weighted by molar-refractivity contribution is -0.137. The van der Waals surface area contributed by atoms with Crippen molar-refractivity contribution in [1.82, 2.24) is 14.4 Å². The average molecular weight is 454 g/mol. The zero-order valence-electron chi connectivity index (χ0n) is 17.5. The molecule has 0 radical (unpaired) electrons. The Kier molecular flexibility index (Phi) is 4.92. The van der Waals surface area contributed by atoms with Crippen LogP contribution in [0.2, 0.25) is 0 Å². The number of rotatable bonds is 2. The first-order chi connectivity index (χ1) is 15.7. The van der Waals surface area contributed by atoms with Crippen LogP contribution >= 0.6 is 0 Å². The van der Waals surface area contributed by atoms with Crippen LogP contribution in [0.15, 0.2) is 54.9 Å². The predicted octanol–water partition coefficient (Wildman–Crippen LogP) is 5.46. The van der Waals surface area contributed by atoms with E-state index in [-0.39, 0.29) is 17.4 Å². The number of hydrogen-bond acceptors (Lipinski definition) is 3. The van der Waals surface area contributed by atoms with Crippen LogP contribution in [0.4, 0.5) is 23.2 Å². The fraction of sp³-hybridized carbons (Fsp3) is 0.208. The second kappa shape index (κ2) is 7.68. The maximum absolute atomic E-state index is 13.6. The van der Waals surface area contributed by atoms with E-state index in [0.29, 0.717) is 47.7 Å². The van der Waals surface area contributed by atoms with Gasteiger partial charge in [-0.25, -0.2) is 14.4 Å². The first kappa shape index (κ1) is 21.1. The molecule has 0 aliphatic carbocycles. The highest BCUT2D eigenvalue weighted by Gasteiger charge is 2.30. The van der Waals surface area contributed by atoms with E-state index < -0.39 is 11.7 Å². The second-order valence-corrected chi connectivity index (χ2v) is 7.96. The monoisotopic (exact) mass is 454 g/mol. The van der Waals surface area contributed by atoms with Gasteiger partial charge in [-0.05, 0) is 55.7 Å². The van der Waals surface area contributed by atoms with Crippen LogP contribution in [0.25, 0.3) is 16.9 Å². The second-order valence-electron chi connectivity index (χ2n) is 7.96. The van der Waals surface area contributed by atoms with Crippen LogP contribution in [-0.4, -0.2) is 26.8 Å². The number of imidazole rings is 1. The molecule has 0 saturated heterocycles. The van der Waals surface area contributed by atoms with Crippen LogP contribution in [-0.2, 0) is 12.6 Å². The Bertz CT molecular complexity index is 1380. The van der Waals surface area contributed by atoms with Gasteiger partial charge in [-0.2, -0.15) is 13.2 Å². The van der Waals surface area contributed by atoms with Gasteiger partial charge in [-0.1, -0.05) is 12.1 Å². The number of benzene rings is 2. The van der Waals surface area contributed by atoms with Gasteiger partial charge >= 0.3 is 6.18 Å². The standard InChI is InChI=1S/C24H18F4N4O/c1-14-22-29-12-21(15-4-6-17(7-5-15)24(26,27)28)32(22)13-19(30-14)23(33)31-10-2-3-16-11-18(25)8-9-20(16)31/h4-9,11-13H,2-3,10H2,1H3. The molecule has 0 bridgehead atoms. The van der Waals surface area contributed by atoms with E-state index in [9.17, 15) is 22.4 Å². The zero-order chi connectivity index (χ0) is 23.3. The normalized spacial score (nSPS) is 13.9. The fourth-order valence-corrected chi connectivity index (χ4v) is 4.20. The molecule has 33 heavy (non-hydrogen) atoms. The lowest BCUT2D eigenvalue weighted by Crippen LogP contribution is -2.36. The molecule has 168 valence electrons. The summed E-state index contributed by atoms with van der Waals surface area (Å²) in [6, 6.07) is 9.13. The SMILES string of the molecule is Cc1nc(C(=O)N2CCCc3cc(F)ccc32)cn2c(-c3ccc(C(F)(F)F)cc3)cnc12. The van der Waals surface area contributed by atoms with Crippen molar-refractivity contribution in [3.63, 3.8) is 0 Å². The summed E-state index contributed by atoms with van der Waals surface area (Å²) in [5, 5.41) is 0. The molecule has 3 heterocycles. The Morgan fingerprint density at radius 2 is 1.85 bits per heavy atom. The molecule has 0 unspecified atom stereocenters. The number of carbonyl (C=O) groups excluding carboxylic acids is 1. The highest BCUT2D eigenvalue weighted by molar-refractivity contribution is 6.05. The summed E-state index contributed by atoms with van der Waals surface area (Å²) in [5.74, 6) is -0.683. The first-order valence-corrected chi connectivity index (χ1v) is 10.3. The van der Waals surface area contributed by atoms with Crippen LogP contribution in [0, 0.1) is 12.7 Å². The highest BCUT2D eigenvalue weighted by atomic mass is 19.4. The molecule has 5 nitrogen and oxygen atoms in total. The van der Waals surface area contributed by atoms with Crippen molar-refractivity contribution < 1.29 is 22.4 Å². The minimum absolute atomic E-state index is 0.170. The Hall–Kier alpha value is -3.75. The van der Waals surface area contributed by atoms with Crippen molar-refractivity contribution in [3.8, 4) is 11.3 Å². The lowest BCUT2D eigenvalue weighted by Gasteiger charge is -2.29. The van der Waals surface area contributed by atoms with Crippen molar-refractivity contribution >= 4 is 17.2 Å². The predicted molar refractivity (Wildman–Crippen MR) is 115 cm³/mol. The molecule has 2 aromatic heterocycles. The Labute approximate surface area is 186 Å². The minimum Gasteiger partial charge on any atom is -0.307 e. The van der Waals surface area contributed by atoms with Crippen LogP contribution in [0.1, 0.15) is 33.7 Å². The average Bonchev–Trinajstić information content (AvgIpc) is 3.22. The van der Waals surface area contributed by atoms with Gasteiger partial charge in [0.2, 0.25) is 0 Å². The number of hydrogen-bond donors (Lipinski definition) is 0. The summed E-state index contributed by atoms with van der Waals surface area (Å²) in [7, 11) is 0. The van der Waals surface area contributed by atoms with Gasteiger partial charge in [0.05, 0.1) is 23.1 Å². The van der Waals surface area contributed by atoms with Gasteiger partial charge < -0.3 is 4.90 Å². The van der Waals surface area contributed by atoms with Crippen LogP contribution in [0.5, 0.6) is 0 Å². The van der Waals surface area contributed by atoms with E-state index in [2.05, 4.69) is 9.97 Å². The molecule has 0 saturated carbocycles. The first-order valence-electron chi connectivity index (χ1n) is 10.3. The fourth-order valence-electron chi connectivity index (χ4n) is 4.20. The summed E-state index contributed by atoms with van der Waals surface area (Å²) >= 11 is 0. The largest absolute Gasteiger partial charge is 0.416 e. The van der Waals surface area contributed by atoms with E-state index in [4.69, 9.17) is 0 Å². The third-order valence-corrected chi connectivity index (χ3v) is 5.79. The maximum Gasteiger partial charge on any atom is 0.416 e. The van der Waals surface area contributed by atoms with Crippen molar-refractivity contribution in [2.75, 3.05) is 11.4 Å². The molecule has 2 aromatic carbocycles. The maximum atomic E-state index is 13.6. The molecule has 4 aromatic rings. The molecule has 0 N–H and O–H groups in total. The highest BCUT2D eigenvalue weighted by Crippen LogP contribution is 2.32. The number of fused-ring (bicyclic) bond motifs is 2. The molecule has 9 heteroatoms. The molecular formula is C24H18F4N4O. The van der Waals surface area contributed by atoms with Gasteiger partial charge in [0.1, 0.15) is 11.5 Å². The molecule has 0 atom stereocenters. The summed E-state index contributed by atoms with van der Waals surface area (Å²) in [6.07, 6.45) is 0.0430. The summed E-state index contributed by atoms with van der Waals surface area (Å²) in [6.45, 7) is 2.20. The van der Waals surface area contributed by atoms with Gasteiger partial charge in [-0.15, -0.1) is 0 Å². The number of anilines is 1. The van der Waals surface area contributed by atoms with Gasteiger partial charge in [0.15, 0.2) is 5.65 Å². The summed E-state index contributed by atoms with van der Waals surface area (Å²) in [5.41, 5.74) is 2.93. The van der Waals surface area contributed by atoms with Crippen LogP contribution in [0.3, 0.4) is 0 Å². The Balaban J connectivity index is 1.56. The molecule has 0 fully saturated rings. The van der Waals surface area contributed by atoms with E-state index >= 15 is 0 Å². The molecule has 5 rings (SSSR count). The quantitative estimate of drug-likeness (QED) is 0.378. The van der Waals surface area contributed by atoms with E-state index in [1.165, 1.54) is 24.3 Å². The number of carbonyl (C=O) groups is 1. The number of amides is 1. The van der Waals surface area contributed by atoms with E-state index in [0.717, 1.165) is 17.7 Å². The number of aryl methyl sites for hydroxylation is 2. The molecule has 1 aliphatic heterocycles. The van der Waals surface area contributed by atoms with Crippen molar-refractivity contribution in [3.05, 3.63) is 83.2 Å². The van der Waals surface area contributed by atoms with Gasteiger partial charge in [0.25, 0.3) is 5.91 Å². The Morgan fingerprint density at radius 3 is 2.58 bits per heavy atom. The summed E-state index contributed by atoms with van der Waals surface area (Å²) in [4.78, 5) is 23.7. The Morgan fingerprint density at radius 1 is 1.09 bits per heavy atom. The molecule has 1 aliphatic rings. The lowest BCUT2D eigenvalue weighted by atomic mass is 10.0. The molecule has 0 spiro atoms. The van der Waals surface area contributed by atoms with Crippen LogP contribution < -0.4 is 4.90 Å². The topological polar surface area (TPSA) is 50.5 Å².